The molecule has 0 saturated heterocycles. The van der Waals surface area contributed by atoms with Gasteiger partial charge in [0, 0.05) is 12.6 Å². The van der Waals surface area contributed by atoms with E-state index in [1.165, 1.54) is 26.0 Å². The van der Waals surface area contributed by atoms with E-state index in [0.29, 0.717) is 17.8 Å². The number of aliphatic hydroxyl groups is 1. The minimum Gasteiger partial charge on any atom is -0.396 e. The van der Waals surface area contributed by atoms with Crippen molar-refractivity contribution in [2.24, 2.45) is 27.5 Å². The number of nitrogens with one attached hydrogen (secondary N) is 1. The third-order valence-electron chi connectivity index (χ3n) is 6.62. The van der Waals surface area contributed by atoms with Gasteiger partial charge in [-0.2, -0.15) is 12.8 Å². The average Bonchev–Trinajstić information content (AvgIpc) is 2.64. The van der Waals surface area contributed by atoms with Crippen molar-refractivity contribution in [3.8, 4) is 0 Å². The summed E-state index contributed by atoms with van der Waals surface area (Å²) in [4.78, 5) is 12.4. The highest BCUT2D eigenvalue weighted by atomic mass is 32.2. The summed E-state index contributed by atoms with van der Waals surface area (Å²) in [5.74, 6) is 0.964. The molecule has 4 bridgehead atoms. The van der Waals surface area contributed by atoms with E-state index >= 15 is 0 Å². The quantitative estimate of drug-likeness (QED) is 0.777. The van der Waals surface area contributed by atoms with Gasteiger partial charge >= 0.3 is 10.5 Å². The SMILES string of the molecule is CC(C)(N=S(=O)=O)C(=O)NC1C2CC3CC1CC(CO)(C3)C2.Fc1ccccc1. The Morgan fingerprint density at radius 3 is 2.24 bits per heavy atom. The van der Waals surface area contributed by atoms with Crippen LogP contribution in [-0.4, -0.2) is 37.6 Å². The van der Waals surface area contributed by atoms with Gasteiger partial charge in [-0.05, 0) is 81.3 Å². The molecule has 0 heterocycles. The lowest BCUT2D eigenvalue weighted by Gasteiger charge is -2.59. The maximum atomic E-state index is 12.4. The minimum atomic E-state index is -2.59. The molecular formula is C21H29FN2O4S. The van der Waals surface area contributed by atoms with Crippen molar-refractivity contribution in [2.45, 2.75) is 57.5 Å². The number of hydrogen-bond donors (Lipinski definition) is 2. The first-order valence-corrected chi connectivity index (χ1v) is 11.1. The highest BCUT2D eigenvalue weighted by Gasteiger charge is 2.55. The molecule has 0 radical (unpaired) electrons. The molecular weight excluding hydrogens is 395 g/mol. The van der Waals surface area contributed by atoms with Gasteiger partial charge in [0.1, 0.15) is 5.82 Å². The fourth-order valence-corrected chi connectivity index (χ4v) is 6.05. The summed E-state index contributed by atoms with van der Waals surface area (Å²) >= 11 is 0. The molecule has 4 saturated carbocycles. The summed E-state index contributed by atoms with van der Waals surface area (Å²) in [7, 11) is -2.59. The van der Waals surface area contributed by atoms with E-state index in [1.807, 2.05) is 0 Å². The average molecular weight is 425 g/mol. The van der Waals surface area contributed by atoms with Crippen molar-refractivity contribution in [3.05, 3.63) is 36.1 Å². The Labute approximate surface area is 172 Å². The Morgan fingerprint density at radius 1 is 1.21 bits per heavy atom. The number of amides is 1. The predicted molar refractivity (Wildman–Crippen MR) is 107 cm³/mol. The van der Waals surface area contributed by atoms with Gasteiger partial charge < -0.3 is 10.4 Å². The fourth-order valence-electron chi connectivity index (χ4n) is 5.59. The Kier molecular flexibility index (Phi) is 6.43. The molecule has 0 aromatic heterocycles. The van der Waals surface area contributed by atoms with Crippen LogP contribution in [0, 0.1) is 29.0 Å². The summed E-state index contributed by atoms with van der Waals surface area (Å²) in [6, 6.07) is 8.03. The molecule has 2 atom stereocenters. The van der Waals surface area contributed by atoms with Gasteiger partial charge in [0.2, 0.25) is 5.91 Å². The molecule has 6 nitrogen and oxygen atoms in total. The Hall–Kier alpha value is -1.80. The maximum absolute atomic E-state index is 12.4. The number of halogens is 1. The smallest absolute Gasteiger partial charge is 0.312 e. The summed E-state index contributed by atoms with van der Waals surface area (Å²) in [6.07, 6.45) is 5.26. The van der Waals surface area contributed by atoms with E-state index in [2.05, 4.69) is 9.68 Å². The second-order valence-corrected chi connectivity index (χ2v) is 9.91. The van der Waals surface area contributed by atoms with E-state index in [9.17, 15) is 22.7 Å². The first kappa shape index (κ1) is 21.9. The number of hydrogen-bond acceptors (Lipinski definition) is 5. The van der Waals surface area contributed by atoms with E-state index < -0.39 is 16.0 Å². The monoisotopic (exact) mass is 424 g/mol. The number of aliphatic hydroxyl groups excluding tert-OH is 1. The van der Waals surface area contributed by atoms with Crippen molar-refractivity contribution in [2.75, 3.05) is 6.61 Å². The molecule has 160 valence electrons. The molecule has 5 rings (SSSR count). The van der Waals surface area contributed by atoms with E-state index in [0.717, 1.165) is 32.1 Å². The third kappa shape index (κ3) is 5.04. The molecule has 1 amide bonds. The summed E-state index contributed by atoms with van der Waals surface area (Å²) in [6.45, 7) is 3.28. The molecule has 4 fully saturated rings. The molecule has 1 aromatic carbocycles. The van der Waals surface area contributed by atoms with Crippen molar-refractivity contribution in [1.82, 2.24) is 5.32 Å². The summed E-state index contributed by atoms with van der Waals surface area (Å²) in [5, 5.41) is 12.8. The van der Waals surface area contributed by atoms with Gasteiger partial charge in [0.05, 0.1) is 0 Å². The lowest BCUT2D eigenvalue weighted by molar-refractivity contribution is -0.134. The van der Waals surface area contributed by atoms with Gasteiger partial charge in [0.15, 0.2) is 5.54 Å². The van der Waals surface area contributed by atoms with E-state index in [4.69, 9.17) is 0 Å². The van der Waals surface area contributed by atoms with Crippen LogP contribution >= 0.6 is 0 Å². The zero-order chi connectivity index (χ0) is 21.2. The predicted octanol–water partition coefficient (Wildman–Crippen LogP) is 2.96. The first-order valence-electron chi connectivity index (χ1n) is 10.1. The van der Waals surface area contributed by atoms with Gasteiger partial charge in [-0.15, -0.1) is 0 Å². The lowest BCUT2D eigenvalue weighted by Crippen LogP contribution is -2.61. The van der Waals surface area contributed by atoms with Crippen LogP contribution in [0.3, 0.4) is 0 Å². The fraction of sp³-hybridized carbons (Fsp3) is 0.667. The van der Waals surface area contributed by atoms with Gasteiger partial charge in [-0.25, -0.2) is 4.39 Å². The highest BCUT2D eigenvalue weighted by molar-refractivity contribution is 7.61. The van der Waals surface area contributed by atoms with Crippen molar-refractivity contribution >= 4 is 16.4 Å². The zero-order valence-electron chi connectivity index (χ0n) is 16.8. The van der Waals surface area contributed by atoms with Crippen LogP contribution in [0.4, 0.5) is 4.39 Å². The highest BCUT2D eigenvalue weighted by Crippen LogP contribution is 2.59. The molecule has 0 spiro atoms. The normalized spacial score (nSPS) is 32.1. The molecule has 1 aromatic rings. The lowest BCUT2D eigenvalue weighted by atomic mass is 9.48. The second-order valence-electron chi connectivity index (χ2n) is 9.29. The van der Waals surface area contributed by atoms with Crippen molar-refractivity contribution in [1.29, 1.82) is 0 Å². The molecule has 8 heteroatoms. The maximum Gasteiger partial charge on any atom is 0.312 e. The number of carbonyl (C=O) groups excluding carboxylic acids is 1. The number of carbonyl (C=O) groups is 1. The van der Waals surface area contributed by atoms with Crippen LogP contribution in [0.15, 0.2) is 34.7 Å². The number of nitrogens with zero attached hydrogens (tertiary/aromatic N) is 1. The molecule has 29 heavy (non-hydrogen) atoms. The molecule has 4 aliphatic carbocycles. The van der Waals surface area contributed by atoms with Crippen LogP contribution in [0.25, 0.3) is 0 Å². The first-order chi connectivity index (χ1) is 13.6. The summed E-state index contributed by atoms with van der Waals surface area (Å²) in [5.41, 5.74) is -1.20. The van der Waals surface area contributed by atoms with Crippen LogP contribution < -0.4 is 5.32 Å². The Morgan fingerprint density at radius 2 is 1.79 bits per heavy atom. The summed E-state index contributed by atoms with van der Waals surface area (Å²) < 4.78 is 36.9. The number of rotatable bonds is 4. The van der Waals surface area contributed by atoms with Crippen LogP contribution in [0.5, 0.6) is 0 Å². The van der Waals surface area contributed by atoms with E-state index in [-0.39, 0.29) is 29.8 Å². The Balaban J connectivity index is 0.000000290. The van der Waals surface area contributed by atoms with Crippen LogP contribution in [-0.2, 0) is 15.3 Å². The second kappa shape index (κ2) is 8.52. The van der Waals surface area contributed by atoms with Crippen molar-refractivity contribution in [3.63, 3.8) is 0 Å². The van der Waals surface area contributed by atoms with Crippen molar-refractivity contribution < 1.29 is 22.7 Å². The van der Waals surface area contributed by atoms with Gasteiger partial charge in [-0.1, -0.05) is 18.2 Å². The van der Waals surface area contributed by atoms with Gasteiger partial charge in [0.25, 0.3) is 0 Å². The van der Waals surface area contributed by atoms with Gasteiger partial charge in [-0.3, -0.25) is 4.79 Å². The standard InChI is InChI=1S/C15H24N2O4S.C6H5F/c1-14(2,17-22(20)21)13(19)16-12-10-3-9-4-11(12)7-15(5-9,6-10)8-18;7-6-4-2-1-3-5-6/h9-12,18H,3-8H2,1-2H3,(H,16,19);1-5H. The molecule has 2 N–H and O–H groups in total. The van der Waals surface area contributed by atoms with Crippen LogP contribution in [0.1, 0.15) is 46.0 Å². The number of benzene rings is 1. The molecule has 2 unspecified atom stereocenters. The molecule has 4 aliphatic rings. The Bertz CT molecular complexity index is 848. The van der Waals surface area contributed by atoms with Crippen LogP contribution in [0.2, 0.25) is 0 Å². The zero-order valence-corrected chi connectivity index (χ0v) is 17.7. The largest absolute Gasteiger partial charge is 0.396 e. The van der Waals surface area contributed by atoms with E-state index in [1.54, 1.807) is 18.2 Å². The third-order valence-corrected chi connectivity index (χ3v) is 7.23. The minimum absolute atomic E-state index is 0.0636. The molecule has 0 aliphatic heterocycles. The topological polar surface area (TPSA) is 95.8 Å².